The number of esters is 1. The molecule has 0 radical (unpaired) electrons. The van der Waals surface area contributed by atoms with E-state index in [0.717, 1.165) is 22.6 Å². The SMILES string of the molecule is COc1ccc(-c2csc(NC(=O)COC(=O)Cc3ccc(Cl)cc3)n2)cc1. The Balaban J connectivity index is 1.48. The number of carbonyl (C=O) groups excluding carboxylic acids is 2. The molecule has 0 fully saturated rings. The molecule has 0 spiro atoms. The minimum atomic E-state index is -0.490. The summed E-state index contributed by atoms with van der Waals surface area (Å²) >= 11 is 7.10. The average Bonchev–Trinajstić information content (AvgIpc) is 3.16. The molecule has 1 heterocycles. The fraction of sp³-hybridized carbons (Fsp3) is 0.150. The quantitative estimate of drug-likeness (QED) is 0.584. The predicted molar refractivity (Wildman–Crippen MR) is 109 cm³/mol. The van der Waals surface area contributed by atoms with Crippen molar-refractivity contribution in [3.63, 3.8) is 0 Å². The van der Waals surface area contributed by atoms with Gasteiger partial charge in [0.25, 0.3) is 5.91 Å². The summed E-state index contributed by atoms with van der Waals surface area (Å²) in [6, 6.07) is 14.3. The van der Waals surface area contributed by atoms with Crippen molar-refractivity contribution < 1.29 is 19.1 Å². The molecule has 0 aliphatic heterocycles. The highest BCUT2D eigenvalue weighted by molar-refractivity contribution is 7.14. The van der Waals surface area contributed by atoms with E-state index in [2.05, 4.69) is 10.3 Å². The van der Waals surface area contributed by atoms with E-state index >= 15 is 0 Å². The highest BCUT2D eigenvalue weighted by Gasteiger charge is 2.11. The summed E-state index contributed by atoms with van der Waals surface area (Å²) in [6.07, 6.45) is 0.0727. The van der Waals surface area contributed by atoms with Crippen molar-refractivity contribution in [1.82, 2.24) is 4.98 Å². The van der Waals surface area contributed by atoms with Gasteiger partial charge in [-0.2, -0.15) is 0 Å². The molecule has 1 amide bonds. The zero-order valence-corrected chi connectivity index (χ0v) is 16.5. The third-order valence-electron chi connectivity index (χ3n) is 3.76. The number of carbonyl (C=O) groups is 2. The lowest BCUT2D eigenvalue weighted by Gasteiger charge is -2.05. The van der Waals surface area contributed by atoms with Crippen LogP contribution in [0.15, 0.2) is 53.9 Å². The van der Waals surface area contributed by atoms with Crippen LogP contribution in [-0.2, 0) is 20.7 Å². The Morgan fingerprint density at radius 2 is 1.82 bits per heavy atom. The Hall–Kier alpha value is -2.90. The first kappa shape index (κ1) is 19.9. The minimum Gasteiger partial charge on any atom is -0.497 e. The molecule has 3 rings (SSSR count). The summed E-state index contributed by atoms with van der Waals surface area (Å²) in [5.41, 5.74) is 2.41. The molecule has 0 aliphatic carbocycles. The van der Waals surface area contributed by atoms with Crippen LogP contribution in [0.4, 0.5) is 5.13 Å². The number of ether oxygens (including phenoxy) is 2. The largest absolute Gasteiger partial charge is 0.497 e. The van der Waals surface area contributed by atoms with Crippen molar-refractivity contribution >= 4 is 39.9 Å². The zero-order valence-electron chi connectivity index (χ0n) is 15.0. The van der Waals surface area contributed by atoms with Gasteiger partial charge in [-0.1, -0.05) is 23.7 Å². The van der Waals surface area contributed by atoms with Gasteiger partial charge < -0.3 is 9.47 Å². The molecule has 6 nitrogen and oxygen atoms in total. The molecule has 1 aromatic heterocycles. The number of rotatable bonds is 7. The third kappa shape index (κ3) is 5.55. The first-order valence-corrected chi connectivity index (χ1v) is 9.59. The molecule has 0 saturated carbocycles. The summed E-state index contributed by atoms with van der Waals surface area (Å²) in [4.78, 5) is 28.2. The van der Waals surface area contributed by atoms with Gasteiger partial charge in [-0.25, -0.2) is 4.98 Å². The maximum absolute atomic E-state index is 12.0. The topological polar surface area (TPSA) is 77.5 Å². The first-order valence-electron chi connectivity index (χ1n) is 8.33. The van der Waals surface area contributed by atoms with E-state index in [1.165, 1.54) is 11.3 Å². The van der Waals surface area contributed by atoms with E-state index in [-0.39, 0.29) is 13.0 Å². The van der Waals surface area contributed by atoms with E-state index in [4.69, 9.17) is 21.1 Å². The van der Waals surface area contributed by atoms with Crippen LogP contribution in [0.1, 0.15) is 5.56 Å². The molecule has 28 heavy (non-hydrogen) atoms. The second kappa shape index (κ2) is 9.34. The summed E-state index contributed by atoms with van der Waals surface area (Å²) < 4.78 is 10.1. The standard InChI is InChI=1S/C20H17ClN2O4S/c1-26-16-8-4-14(5-9-16)17-12-28-20(22-17)23-18(24)11-27-19(25)10-13-2-6-15(21)7-3-13/h2-9,12H,10-11H2,1H3,(H,22,23,24). The predicted octanol–water partition coefficient (Wildman–Crippen LogP) is 4.20. The average molecular weight is 417 g/mol. The fourth-order valence-electron chi connectivity index (χ4n) is 2.35. The van der Waals surface area contributed by atoms with E-state index in [9.17, 15) is 9.59 Å². The molecule has 144 valence electrons. The number of methoxy groups -OCH3 is 1. The Morgan fingerprint density at radius 1 is 1.11 bits per heavy atom. The number of nitrogens with one attached hydrogen (secondary N) is 1. The van der Waals surface area contributed by atoms with Crippen LogP contribution in [0, 0.1) is 0 Å². The third-order valence-corrected chi connectivity index (χ3v) is 4.77. The maximum Gasteiger partial charge on any atom is 0.310 e. The minimum absolute atomic E-state index is 0.0727. The van der Waals surface area contributed by atoms with Crippen molar-refractivity contribution in [2.75, 3.05) is 19.0 Å². The molecule has 0 bridgehead atoms. The van der Waals surface area contributed by atoms with Crippen molar-refractivity contribution in [3.05, 3.63) is 64.5 Å². The molecule has 0 aliphatic rings. The lowest BCUT2D eigenvalue weighted by molar-refractivity contribution is -0.146. The van der Waals surface area contributed by atoms with Gasteiger partial charge in [0.1, 0.15) is 5.75 Å². The van der Waals surface area contributed by atoms with Gasteiger partial charge in [0.15, 0.2) is 11.7 Å². The van der Waals surface area contributed by atoms with Crippen LogP contribution in [0.25, 0.3) is 11.3 Å². The Bertz CT molecular complexity index is 955. The van der Waals surface area contributed by atoms with Crippen LogP contribution < -0.4 is 10.1 Å². The lowest BCUT2D eigenvalue weighted by Crippen LogP contribution is -2.21. The van der Waals surface area contributed by atoms with Crippen LogP contribution in [0.3, 0.4) is 0 Å². The molecular weight excluding hydrogens is 400 g/mol. The van der Waals surface area contributed by atoms with E-state index < -0.39 is 11.9 Å². The highest BCUT2D eigenvalue weighted by atomic mass is 35.5. The van der Waals surface area contributed by atoms with Crippen molar-refractivity contribution in [3.8, 4) is 17.0 Å². The number of amides is 1. The summed E-state index contributed by atoms with van der Waals surface area (Å²) in [6.45, 7) is -0.371. The number of benzene rings is 2. The lowest BCUT2D eigenvalue weighted by atomic mass is 10.1. The maximum atomic E-state index is 12.0. The van der Waals surface area contributed by atoms with Gasteiger partial charge in [-0.15, -0.1) is 11.3 Å². The number of halogens is 1. The Morgan fingerprint density at radius 3 is 2.50 bits per heavy atom. The number of hydrogen-bond acceptors (Lipinski definition) is 6. The Kier molecular flexibility index (Phi) is 6.62. The normalized spacial score (nSPS) is 10.4. The van der Waals surface area contributed by atoms with Gasteiger partial charge >= 0.3 is 5.97 Å². The summed E-state index contributed by atoms with van der Waals surface area (Å²) in [5, 5.41) is 5.49. The van der Waals surface area contributed by atoms with E-state index in [0.29, 0.717) is 10.2 Å². The number of aromatic nitrogens is 1. The monoisotopic (exact) mass is 416 g/mol. The van der Waals surface area contributed by atoms with Crippen LogP contribution >= 0.6 is 22.9 Å². The van der Waals surface area contributed by atoms with Crippen molar-refractivity contribution in [2.45, 2.75) is 6.42 Å². The molecular formula is C20H17ClN2O4S. The molecule has 3 aromatic rings. The summed E-state index contributed by atoms with van der Waals surface area (Å²) in [5.74, 6) is -0.177. The second-order valence-corrected chi connectivity index (χ2v) is 7.07. The van der Waals surface area contributed by atoms with Gasteiger partial charge in [-0.3, -0.25) is 14.9 Å². The molecule has 2 aromatic carbocycles. The number of hydrogen-bond donors (Lipinski definition) is 1. The van der Waals surface area contributed by atoms with Gasteiger partial charge in [0.2, 0.25) is 0 Å². The first-order chi connectivity index (χ1) is 13.5. The van der Waals surface area contributed by atoms with Gasteiger partial charge in [0.05, 0.1) is 19.2 Å². The van der Waals surface area contributed by atoms with E-state index in [1.807, 2.05) is 29.6 Å². The van der Waals surface area contributed by atoms with Crippen molar-refractivity contribution in [2.24, 2.45) is 0 Å². The van der Waals surface area contributed by atoms with E-state index in [1.54, 1.807) is 31.4 Å². The van der Waals surface area contributed by atoms with Gasteiger partial charge in [-0.05, 0) is 42.0 Å². The van der Waals surface area contributed by atoms with Crippen LogP contribution in [-0.4, -0.2) is 30.6 Å². The molecule has 0 unspecified atom stereocenters. The van der Waals surface area contributed by atoms with Crippen LogP contribution in [0.5, 0.6) is 5.75 Å². The zero-order chi connectivity index (χ0) is 19.9. The Labute approximate surface area is 171 Å². The second-order valence-electron chi connectivity index (χ2n) is 5.78. The summed E-state index contributed by atoms with van der Waals surface area (Å²) in [7, 11) is 1.60. The van der Waals surface area contributed by atoms with Crippen LogP contribution in [0.2, 0.25) is 5.02 Å². The molecule has 8 heteroatoms. The van der Waals surface area contributed by atoms with Gasteiger partial charge in [0, 0.05) is 16.0 Å². The van der Waals surface area contributed by atoms with Crippen molar-refractivity contribution in [1.29, 1.82) is 0 Å². The molecule has 0 atom stereocenters. The molecule has 1 N–H and O–H groups in total. The smallest absolute Gasteiger partial charge is 0.310 e. The molecule has 0 saturated heterocycles. The highest BCUT2D eigenvalue weighted by Crippen LogP contribution is 2.26. The fourth-order valence-corrected chi connectivity index (χ4v) is 3.21. The number of anilines is 1. The number of nitrogens with zero attached hydrogens (tertiary/aromatic N) is 1. The number of thiazole rings is 1.